The average molecular weight is 172 g/mol. The number of ether oxygens (including phenoxy) is 1. The molecule has 0 spiro atoms. The van der Waals surface area contributed by atoms with Crippen molar-refractivity contribution < 1.29 is 9.53 Å². The smallest absolute Gasteiger partial charge is 0.219 e. The summed E-state index contributed by atoms with van der Waals surface area (Å²) in [5, 5.41) is 3.23. The molecule has 0 radical (unpaired) electrons. The van der Waals surface area contributed by atoms with Crippen molar-refractivity contribution >= 4 is 5.91 Å². The number of nitrogens with two attached hydrogens (primary N) is 1. The molecule has 1 aliphatic rings. The number of hydrogen-bond donors (Lipinski definition) is 2. The minimum atomic E-state index is -0.293. The Morgan fingerprint density at radius 1 is 1.67 bits per heavy atom. The highest BCUT2D eigenvalue weighted by Gasteiger charge is 2.12. The summed E-state index contributed by atoms with van der Waals surface area (Å²) in [7, 11) is 0. The second-order valence-corrected chi connectivity index (χ2v) is 3.06. The van der Waals surface area contributed by atoms with Gasteiger partial charge in [0.05, 0.1) is 12.7 Å². The molecule has 1 rings (SSSR count). The number of nitrogens with one attached hydrogen (secondary N) is 1. The predicted molar refractivity (Wildman–Crippen MR) is 45.7 cm³/mol. The standard InChI is InChI=1S/C8H16N2O2/c9-8(11)3-5-12-7-2-1-4-10-6-7/h7,10H,1-6H2,(H2,9,11). The van der Waals surface area contributed by atoms with Gasteiger partial charge >= 0.3 is 0 Å². The quantitative estimate of drug-likeness (QED) is 0.608. The first-order chi connectivity index (χ1) is 5.79. The fourth-order valence-electron chi connectivity index (χ4n) is 1.29. The number of piperidine rings is 1. The summed E-state index contributed by atoms with van der Waals surface area (Å²) in [6.45, 7) is 2.44. The van der Waals surface area contributed by atoms with Gasteiger partial charge in [0.1, 0.15) is 0 Å². The Morgan fingerprint density at radius 2 is 2.50 bits per heavy atom. The summed E-state index contributed by atoms with van der Waals surface area (Å²) in [5.74, 6) is -0.293. The van der Waals surface area contributed by atoms with E-state index in [4.69, 9.17) is 10.5 Å². The van der Waals surface area contributed by atoms with Gasteiger partial charge in [0.15, 0.2) is 0 Å². The third-order valence-corrected chi connectivity index (χ3v) is 1.95. The lowest BCUT2D eigenvalue weighted by molar-refractivity contribution is -0.119. The topological polar surface area (TPSA) is 64.4 Å². The Bertz CT molecular complexity index is 144. The van der Waals surface area contributed by atoms with E-state index in [9.17, 15) is 4.79 Å². The molecule has 4 heteroatoms. The van der Waals surface area contributed by atoms with Crippen molar-refractivity contribution in [3.8, 4) is 0 Å². The molecule has 0 aromatic heterocycles. The van der Waals surface area contributed by atoms with Gasteiger partial charge in [0.25, 0.3) is 0 Å². The molecule has 0 aromatic carbocycles. The van der Waals surface area contributed by atoms with Crippen LogP contribution in [0.4, 0.5) is 0 Å². The van der Waals surface area contributed by atoms with Crippen molar-refractivity contribution in [1.29, 1.82) is 0 Å². The Hall–Kier alpha value is -0.610. The lowest BCUT2D eigenvalue weighted by Crippen LogP contribution is -2.35. The van der Waals surface area contributed by atoms with E-state index in [1.165, 1.54) is 0 Å². The zero-order valence-electron chi connectivity index (χ0n) is 7.21. The van der Waals surface area contributed by atoms with Crippen molar-refractivity contribution in [3.63, 3.8) is 0 Å². The van der Waals surface area contributed by atoms with Gasteiger partial charge in [0.2, 0.25) is 5.91 Å². The SMILES string of the molecule is NC(=O)CCOC1CCCNC1. The summed E-state index contributed by atoms with van der Waals surface area (Å²) in [5.41, 5.74) is 4.97. The van der Waals surface area contributed by atoms with Crippen LogP contribution in [0.1, 0.15) is 19.3 Å². The monoisotopic (exact) mass is 172 g/mol. The molecule has 4 nitrogen and oxygen atoms in total. The van der Waals surface area contributed by atoms with E-state index in [1.807, 2.05) is 0 Å². The predicted octanol–water partition coefficient (Wildman–Crippen LogP) is -0.370. The second kappa shape index (κ2) is 5.11. The maximum atomic E-state index is 10.4. The Labute approximate surface area is 72.5 Å². The molecule has 1 aliphatic heterocycles. The molecule has 70 valence electrons. The van der Waals surface area contributed by atoms with Gasteiger partial charge < -0.3 is 15.8 Å². The van der Waals surface area contributed by atoms with E-state index in [-0.39, 0.29) is 12.0 Å². The highest BCUT2D eigenvalue weighted by Crippen LogP contribution is 2.05. The van der Waals surface area contributed by atoms with Crippen LogP contribution < -0.4 is 11.1 Å². The normalized spacial score (nSPS) is 23.8. The molecule has 1 saturated heterocycles. The lowest BCUT2D eigenvalue weighted by Gasteiger charge is -2.22. The number of carbonyl (C=O) groups excluding carboxylic acids is 1. The molecule has 0 bridgehead atoms. The molecule has 1 heterocycles. The summed E-state index contributed by atoms with van der Waals surface area (Å²) in [6.07, 6.45) is 2.85. The molecular weight excluding hydrogens is 156 g/mol. The van der Waals surface area contributed by atoms with Crippen LogP contribution in [0.2, 0.25) is 0 Å². The lowest BCUT2D eigenvalue weighted by atomic mass is 10.1. The van der Waals surface area contributed by atoms with Gasteiger partial charge in [-0.2, -0.15) is 0 Å². The number of primary amides is 1. The molecule has 0 aromatic rings. The molecule has 1 fully saturated rings. The van der Waals surface area contributed by atoms with Crippen molar-refractivity contribution in [2.45, 2.75) is 25.4 Å². The molecule has 1 atom stereocenters. The van der Waals surface area contributed by atoms with Gasteiger partial charge in [-0.1, -0.05) is 0 Å². The highest BCUT2D eigenvalue weighted by molar-refractivity contribution is 5.73. The first-order valence-corrected chi connectivity index (χ1v) is 4.39. The Balaban J connectivity index is 2.01. The van der Waals surface area contributed by atoms with E-state index in [0.717, 1.165) is 25.9 Å². The van der Waals surface area contributed by atoms with E-state index in [1.54, 1.807) is 0 Å². The van der Waals surface area contributed by atoms with Crippen LogP contribution >= 0.6 is 0 Å². The Morgan fingerprint density at radius 3 is 3.08 bits per heavy atom. The molecular formula is C8H16N2O2. The molecule has 3 N–H and O–H groups in total. The van der Waals surface area contributed by atoms with Crippen LogP contribution in [-0.2, 0) is 9.53 Å². The van der Waals surface area contributed by atoms with Crippen LogP contribution in [-0.4, -0.2) is 31.7 Å². The summed E-state index contributed by atoms with van der Waals surface area (Å²) in [4.78, 5) is 10.4. The summed E-state index contributed by atoms with van der Waals surface area (Å²) in [6, 6.07) is 0. The zero-order chi connectivity index (χ0) is 8.81. The van der Waals surface area contributed by atoms with Crippen molar-refractivity contribution in [2.75, 3.05) is 19.7 Å². The van der Waals surface area contributed by atoms with Crippen LogP contribution in [0.25, 0.3) is 0 Å². The highest BCUT2D eigenvalue weighted by atomic mass is 16.5. The van der Waals surface area contributed by atoms with Gasteiger partial charge in [-0.3, -0.25) is 4.79 Å². The van der Waals surface area contributed by atoms with Gasteiger partial charge in [-0.25, -0.2) is 0 Å². The largest absolute Gasteiger partial charge is 0.376 e. The van der Waals surface area contributed by atoms with Crippen LogP contribution in [0.15, 0.2) is 0 Å². The molecule has 0 aliphatic carbocycles. The fourth-order valence-corrected chi connectivity index (χ4v) is 1.29. The first kappa shape index (κ1) is 9.48. The molecule has 0 saturated carbocycles. The minimum Gasteiger partial charge on any atom is -0.376 e. The van der Waals surface area contributed by atoms with Crippen LogP contribution in [0.5, 0.6) is 0 Å². The first-order valence-electron chi connectivity index (χ1n) is 4.39. The molecule has 12 heavy (non-hydrogen) atoms. The Kier molecular flexibility index (Phi) is 4.04. The van der Waals surface area contributed by atoms with Crippen LogP contribution in [0.3, 0.4) is 0 Å². The van der Waals surface area contributed by atoms with Crippen molar-refractivity contribution in [3.05, 3.63) is 0 Å². The van der Waals surface area contributed by atoms with E-state index in [0.29, 0.717) is 13.0 Å². The van der Waals surface area contributed by atoms with Crippen LogP contribution in [0, 0.1) is 0 Å². The fraction of sp³-hybridized carbons (Fsp3) is 0.875. The molecule has 1 amide bonds. The number of carbonyl (C=O) groups is 1. The second-order valence-electron chi connectivity index (χ2n) is 3.06. The summed E-state index contributed by atoms with van der Waals surface area (Å²) < 4.78 is 5.43. The maximum Gasteiger partial charge on any atom is 0.219 e. The average Bonchev–Trinajstić information content (AvgIpc) is 2.05. The van der Waals surface area contributed by atoms with E-state index in [2.05, 4.69) is 5.32 Å². The number of hydrogen-bond acceptors (Lipinski definition) is 3. The van der Waals surface area contributed by atoms with Crippen molar-refractivity contribution in [2.24, 2.45) is 5.73 Å². The maximum absolute atomic E-state index is 10.4. The number of amides is 1. The number of rotatable bonds is 4. The zero-order valence-corrected chi connectivity index (χ0v) is 7.21. The minimum absolute atomic E-state index is 0.276. The third kappa shape index (κ3) is 3.69. The van der Waals surface area contributed by atoms with E-state index < -0.39 is 0 Å². The van der Waals surface area contributed by atoms with Gasteiger partial charge in [-0.15, -0.1) is 0 Å². The van der Waals surface area contributed by atoms with Gasteiger partial charge in [-0.05, 0) is 19.4 Å². The van der Waals surface area contributed by atoms with E-state index >= 15 is 0 Å². The molecule has 1 unspecified atom stereocenters. The third-order valence-electron chi connectivity index (χ3n) is 1.95. The summed E-state index contributed by atoms with van der Waals surface area (Å²) >= 11 is 0. The van der Waals surface area contributed by atoms with Crippen molar-refractivity contribution in [1.82, 2.24) is 5.32 Å². The van der Waals surface area contributed by atoms with Gasteiger partial charge in [0, 0.05) is 13.0 Å².